The lowest BCUT2D eigenvalue weighted by Gasteiger charge is -2.12. The van der Waals surface area contributed by atoms with Gasteiger partial charge >= 0.3 is 12.1 Å². The van der Waals surface area contributed by atoms with Crippen LogP contribution in [-0.2, 0) is 20.5 Å². The summed E-state index contributed by atoms with van der Waals surface area (Å²) in [6.45, 7) is 0. The SMILES string of the molecule is COC(=O)CCC(=O)Nc1ncc(Br)cc1C(F)(F)F. The molecule has 0 aliphatic heterocycles. The van der Waals surface area contributed by atoms with E-state index in [9.17, 15) is 22.8 Å². The van der Waals surface area contributed by atoms with Crippen molar-refractivity contribution in [1.29, 1.82) is 0 Å². The van der Waals surface area contributed by atoms with E-state index >= 15 is 0 Å². The van der Waals surface area contributed by atoms with Gasteiger partial charge in [-0.05, 0) is 22.0 Å². The van der Waals surface area contributed by atoms with Crippen LogP contribution in [0.4, 0.5) is 19.0 Å². The van der Waals surface area contributed by atoms with Crippen LogP contribution in [0.2, 0.25) is 0 Å². The van der Waals surface area contributed by atoms with Crippen LogP contribution < -0.4 is 5.32 Å². The van der Waals surface area contributed by atoms with E-state index in [1.807, 2.05) is 5.32 Å². The first kappa shape index (κ1) is 16.4. The molecular weight excluding hydrogens is 345 g/mol. The number of nitrogens with zero attached hydrogens (tertiary/aromatic N) is 1. The van der Waals surface area contributed by atoms with Gasteiger partial charge in [0.25, 0.3) is 0 Å². The molecule has 1 heterocycles. The Kier molecular flexibility index (Phi) is 5.49. The number of alkyl halides is 3. The summed E-state index contributed by atoms with van der Waals surface area (Å²) >= 11 is 2.88. The summed E-state index contributed by atoms with van der Waals surface area (Å²) in [5, 5.41) is 2.03. The van der Waals surface area contributed by atoms with Crippen molar-refractivity contribution in [1.82, 2.24) is 4.98 Å². The van der Waals surface area contributed by atoms with Crippen LogP contribution >= 0.6 is 15.9 Å². The lowest BCUT2D eigenvalue weighted by atomic mass is 10.2. The van der Waals surface area contributed by atoms with Gasteiger partial charge in [-0.1, -0.05) is 0 Å². The highest BCUT2D eigenvalue weighted by Gasteiger charge is 2.35. The van der Waals surface area contributed by atoms with Gasteiger partial charge in [0.1, 0.15) is 5.82 Å². The number of hydrogen-bond donors (Lipinski definition) is 1. The van der Waals surface area contributed by atoms with Crippen molar-refractivity contribution in [3.05, 3.63) is 22.3 Å². The standard InChI is InChI=1S/C11H10BrF3N2O3/c1-20-9(19)3-2-8(18)17-10-7(11(13,14)15)4-6(12)5-16-10/h4-5H,2-3H2,1H3,(H,16,17,18). The molecule has 0 spiro atoms. The zero-order chi connectivity index (χ0) is 15.3. The predicted molar refractivity (Wildman–Crippen MR) is 66.8 cm³/mol. The lowest BCUT2D eigenvalue weighted by molar-refractivity contribution is -0.142. The Hall–Kier alpha value is -1.64. The highest BCUT2D eigenvalue weighted by molar-refractivity contribution is 9.10. The van der Waals surface area contributed by atoms with E-state index in [1.165, 1.54) is 0 Å². The van der Waals surface area contributed by atoms with E-state index in [0.717, 1.165) is 19.4 Å². The first-order valence-electron chi connectivity index (χ1n) is 5.33. The summed E-state index contributed by atoms with van der Waals surface area (Å²) in [5.74, 6) is -1.98. The molecule has 0 fully saturated rings. The van der Waals surface area contributed by atoms with Crippen LogP contribution in [0.3, 0.4) is 0 Å². The molecule has 0 unspecified atom stereocenters. The molecule has 0 aliphatic carbocycles. The molecule has 110 valence electrons. The second-order valence-electron chi connectivity index (χ2n) is 3.67. The number of aromatic nitrogens is 1. The number of carbonyl (C=O) groups is 2. The van der Waals surface area contributed by atoms with E-state index < -0.39 is 29.4 Å². The molecule has 0 atom stereocenters. The van der Waals surface area contributed by atoms with Gasteiger partial charge in [-0.3, -0.25) is 9.59 Å². The number of esters is 1. The smallest absolute Gasteiger partial charge is 0.420 e. The zero-order valence-corrected chi connectivity index (χ0v) is 11.8. The largest absolute Gasteiger partial charge is 0.469 e. The molecule has 1 rings (SSSR count). The molecule has 1 N–H and O–H groups in total. The monoisotopic (exact) mass is 354 g/mol. The molecule has 5 nitrogen and oxygen atoms in total. The van der Waals surface area contributed by atoms with Crippen LogP contribution in [0.15, 0.2) is 16.7 Å². The van der Waals surface area contributed by atoms with Crippen LogP contribution in [0.1, 0.15) is 18.4 Å². The van der Waals surface area contributed by atoms with E-state index in [4.69, 9.17) is 0 Å². The maximum atomic E-state index is 12.8. The first-order chi connectivity index (χ1) is 9.24. The number of rotatable bonds is 4. The third-order valence-corrected chi connectivity index (χ3v) is 2.64. The molecule has 0 radical (unpaired) electrons. The van der Waals surface area contributed by atoms with Crippen LogP contribution in [0.5, 0.6) is 0 Å². The Morgan fingerprint density at radius 2 is 2.05 bits per heavy atom. The summed E-state index contributed by atoms with van der Waals surface area (Å²) in [4.78, 5) is 25.8. The molecule has 0 saturated heterocycles. The number of halogens is 4. The number of pyridine rings is 1. The number of carbonyl (C=O) groups excluding carboxylic acids is 2. The minimum Gasteiger partial charge on any atom is -0.469 e. The summed E-state index contributed by atoms with van der Waals surface area (Å²) in [7, 11) is 1.15. The minimum absolute atomic E-state index is 0.136. The van der Waals surface area contributed by atoms with E-state index in [0.29, 0.717) is 0 Å². The number of hydrogen-bond acceptors (Lipinski definition) is 4. The van der Waals surface area contributed by atoms with Gasteiger partial charge in [0.05, 0.1) is 19.1 Å². The molecule has 1 aromatic heterocycles. The molecule has 1 aromatic rings. The Morgan fingerprint density at radius 1 is 1.40 bits per heavy atom. The van der Waals surface area contributed by atoms with Crippen LogP contribution in [0, 0.1) is 0 Å². The quantitative estimate of drug-likeness (QED) is 0.844. The number of methoxy groups -OCH3 is 1. The fourth-order valence-electron chi connectivity index (χ4n) is 1.27. The highest BCUT2D eigenvalue weighted by atomic mass is 79.9. The van der Waals surface area contributed by atoms with Crippen molar-refractivity contribution < 1.29 is 27.5 Å². The highest BCUT2D eigenvalue weighted by Crippen LogP contribution is 2.35. The Bertz CT molecular complexity index is 520. The third-order valence-electron chi connectivity index (χ3n) is 2.20. The van der Waals surface area contributed by atoms with Crippen molar-refractivity contribution in [2.24, 2.45) is 0 Å². The number of anilines is 1. The van der Waals surface area contributed by atoms with Crippen molar-refractivity contribution in [3.63, 3.8) is 0 Å². The second-order valence-corrected chi connectivity index (χ2v) is 4.59. The number of nitrogens with one attached hydrogen (secondary N) is 1. The maximum absolute atomic E-state index is 12.8. The fraction of sp³-hybridized carbons (Fsp3) is 0.364. The van der Waals surface area contributed by atoms with Gasteiger partial charge < -0.3 is 10.1 Å². The lowest BCUT2D eigenvalue weighted by Crippen LogP contribution is -2.18. The van der Waals surface area contributed by atoms with Gasteiger partial charge in [0.2, 0.25) is 5.91 Å². The van der Waals surface area contributed by atoms with Gasteiger partial charge in [0, 0.05) is 17.1 Å². The van der Waals surface area contributed by atoms with Gasteiger partial charge in [0.15, 0.2) is 0 Å². The predicted octanol–water partition coefficient (Wildman–Crippen LogP) is 2.75. The Labute approximate surface area is 120 Å². The molecule has 9 heteroatoms. The molecule has 0 saturated carbocycles. The average Bonchev–Trinajstić information content (AvgIpc) is 2.36. The van der Waals surface area contributed by atoms with Gasteiger partial charge in [-0.15, -0.1) is 0 Å². The summed E-state index contributed by atoms with van der Waals surface area (Å²) < 4.78 is 42.7. The average molecular weight is 355 g/mol. The third kappa shape index (κ3) is 4.80. The van der Waals surface area contributed by atoms with Gasteiger partial charge in [-0.25, -0.2) is 4.98 Å². The Balaban J connectivity index is 2.82. The second kappa shape index (κ2) is 6.69. The molecule has 0 aromatic carbocycles. The molecule has 0 bridgehead atoms. The minimum atomic E-state index is -4.65. The van der Waals surface area contributed by atoms with Crippen molar-refractivity contribution in [2.75, 3.05) is 12.4 Å². The molecule has 1 amide bonds. The first-order valence-corrected chi connectivity index (χ1v) is 6.12. The van der Waals surface area contributed by atoms with Crippen LogP contribution in [-0.4, -0.2) is 24.0 Å². The topological polar surface area (TPSA) is 68.3 Å². The Morgan fingerprint density at radius 3 is 2.60 bits per heavy atom. The summed E-state index contributed by atoms with van der Waals surface area (Å²) in [6, 6.07) is 0.808. The molecule has 0 aliphatic rings. The summed E-state index contributed by atoms with van der Waals surface area (Å²) in [5.41, 5.74) is -1.07. The van der Waals surface area contributed by atoms with E-state index in [-0.39, 0.29) is 17.3 Å². The maximum Gasteiger partial charge on any atom is 0.420 e. The van der Waals surface area contributed by atoms with E-state index in [1.54, 1.807) is 0 Å². The zero-order valence-electron chi connectivity index (χ0n) is 10.3. The van der Waals surface area contributed by atoms with Crippen molar-refractivity contribution in [3.8, 4) is 0 Å². The molecular formula is C11H10BrF3N2O3. The normalized spacial score (nSPS) is 11.1. The van der Waals surface area contributed by atoms with E-state index in [2.05, 4.69) is 25.7 Å². The number of ether oxygens (including phenoxy) is 1. The summed E-state index contributed by atoms with van der Waals surface area (Å²) in [6.07, 6.45) is -4.03. The fourth-order valence-corrected chi connectivity index (χ4v) is 1.60. The number of amides is 1. The van der Waals surface area contributed by atoms with Crippen molar-refractivity contribution in [2.45, 2.75) is 19.0 Å². The van der Waals surface area contributed by atoms with Crippen LogP contribution in [0.25, 0.3) is 0 Å². The van der Waals surface area contributed by atoms with Gasteiger partial charge in [-0.2, -0.15) is 13.2 Å². The van der Waals surface area contributed by atoms with Crippen molar-refractivity contribution >= 4 is 33.6 Å². The molecule has 20 heavy (non-hydrogen) atoms.